The van der Waals surface area contributed by atoms with Crippen molar-refractivity contribution in [2.24, 2.45) is 0 Å². The molecule has 1 aromatic heterocycles. The van der Waals surface area contributed by atoms with E-state index in [1.165, 1.54) is 11.8 Å². The van der Waals surface area contributed by atoms with Crippen LogP contribution in [0.25, 0.3) is 11.4 Å². The van der Waals surface area contributed by atoms with Crippen molar-refractivity contribution in [2.75, 3.05) is 36.8 Å². The Balaban J connectivity index is 1.37. The van der Waals surface area contributed by atoms with E-state index in [0.717, 1.165) is 60.4 Å². The molecule has 3 aromatic rings. The van der Waals surface area contributed by atoms with Gasteiger partial charge in [0.1, 0.15) is 0 Å². The van der Waals surface area contributed by atoms with Gasteiger partial charge in [-0.1, -0.05) is 36.0 Å². The van der Waals surface area contributed by atoms with Crippen LogP contribution in [-0.2, 0) is 11.3 Å². The lowest BCUT2D eigenvalue weighted by Gasteiger charge is -2.23. The monoisotopic (exact) mass is 460 g/mol. The quantitative estimate of drug-likeness (QED) is 0.518. The zero-order chi connectivity index (χ0) is 23.2. The number of anilines is 1. The Kier molecular flexibility index (Phi) is 7.30. The van der Waals surface area contributed by atoms with Crippen molar-refractivity contribution in [3.05, 3.63) is 59.7 Å². The van der Waals surface area contributed by atoms with E-state index < -0.39 is 0 Å². The number of hydrogen-bond acceptors (Lipinski definition) is 6. The molecule has 0 aliphatic carbocycles. The molecule has 0 unspecified atom stereocenters. The summed E-state index contributed by atoms with van der Waals surface area (Å²) >= 11 is 1.46. The number of aryl methyl sites for hydroxylation is 1. The van der Waals surface area contributed by atoms with Crippen LogP contribution in [-0.4, -0.2) is 57.5 Å². The van der Waals surface area contributed by atoms with Gasteiger partial charge in [-0.2, -0.15) is 5.26 Å². The lowest BCUT2D eigenvalue weighted by molar-refractivity contribution is -0.128. The molecule has 1 fully saturated rings. The summed E-state index contributed by atoms with van der Waals surface area (Å²) in [5, 5.41) is 18.6. The van der Waals surface area contributed by atoms with Gasteiger partial charge in [-0.3, -0.25) is 4.79 Å². The largest absolute Gasteiger partial charge is 0.370 e. The fraction of sp³-hybridized carbons (Fsp3) is 0.360. The molecule has 0 saturated carbocycles. The standard InChI is InChI=1S/C25H28N6OS/c1-3-31-24(22-8-5-4-7-19(22)2)27-28-25(31)33-18-23(32)30-14-6-13-29(15-16-30)21-11-9-20(17-26)10-12-21/h4-5,7-12H,3,6,13-16,18H2,1-2H3. The van der Waals surface area contributed by atoms with Crippen LogP contribution >= 0.6 is 11.8 Å². The summed E-state index contributed by atoms with van der Waals surface area (Å²) in [6.45, 7) is 8.01. The SMILES string of the molecule is CCn1c(SCC(=O)N2CCCN(c3ccc(C#N)cc3)CC2)nnc1-c1ccccc1C. The molecule has 0 spiro atoms. The minimum Gasteiger partial charge on any atom is -0.370 e. The number of nitrogens with zero attached hydrogens (tertiary/aromatic N) is 6. The molecule has 1 saturated heterocycles. The Hall–Kier alpha value is -3.31. The third kappa shape index (κ3) is 5.20. The molecular weight excluding hydrogens is 432 g/mol. The number of aromatic nitrogens is 3. The Morgan fingerprint density at radius 1 is 1.06 bits per heavy atom. The molecule has 2 aromatic carbocycles. The van der Waals surface area contributed by atoms with Gasteiger partial charge >= 0.3 is 0 Å². The normalized spacial score (nSPS) is 14.1. The third-order valence-corrected chi connectivity index (χ3v) is 6.91. The third-order valence-electron chi connectivity index (χ3n) is 5.95. The van der Waals surface area contributed by atoms with E-state index in [9.17, 15) is 4.79 Å². The second-order valence-corrected chi connectivity index (χ2v) is 8.98. The Labute approximate surface area is 199 Å². The molecule has 0 radical (unpaired) electrons. The van der Waals surface area contributed by atoms with Crippen LogP contribution in [0.3, 0.4) is 0 Å². The molecule has 4 rings (SSSR count). The van der Waals surface area contributed by atoms with E-state index in [1.54, 1.807) is 0 Å². The summed E-state index contributed by atoms with van der Waals surface area (Å²) in [6, 6.07) is 18.0. The first-order valence-electron chi connectivity index (χ1n) is 11.3. The molecule has 33 heavy (non-hydrogen) atoms. The maximum Gasteiger partial charge on any atom is 0.233 e. The van der Waals surface area contributed by atoms with Crippen LogP contribution < -0.4 is 4.90 Å². The molecule has 170 valence electrons. The molecule has 0 N–H and O–H groups in total. The van der Waals surface area contributed by atoms with Crippen LogP contribution in [0.15, 0.2) is 53.7 Å². The van der Waals surface area contributed by atoms with Gasteiger partial charge in [0.25, 0.3) is 0 Å². The predicted octanol–water partition coefficient (Wildman–Crippen LogP) is 3.98. The van der Waals surface area contributed by atoms with Crippen molar-refractivity contribution >= 4 is 23.4 Å². The topological polar surface area (TPSA) is 78.0 Å². The number of rotatable bonds is 6. The zero-order valence-corrected chi connectivity index (χ0v) is 19.9. The summed E-state index contributed by atoms with van der Waals surface area (Å²) < 4.78 is 2.08. The maximum absolute atomic E-state index is 13.0. The van der Waals surface area contributed by atoms with E-state index in [4.69, 9.17) is 5.26 Å². The highest BCUT2D eigenvalue weighted by atomic mass is 32.2. The van der Waals surface area contributed by atoms with Crippen molar-refractivity contribution in [3.8, 4) is 17.5 Å². The first kappa shape index (κ1) is 22.9. The number of benzene rings is 2. The van der Waals surface area contributed by atoms with Gasteiger partial charge in [-0.15, -0.1) is 10.2 Å². The van der Waals surface area contributed by atoms with Gasteiger partial charge in [-0.05, 0) is 50.1 Å². The van der Waals surface area contributed by atoms with Crippen molar-refractivity contribution in [3.63, 3.8) is 0 Å². The van der Waals surface area contributed by atoms with Gasteiger partial charge in [0.05, 0.1) is 17.4 Å². The van der Waals surface area contributed by atoms with Crippen molar-refractivity contribution in [1.82, 2.24) is 19.7 Å². The maximum atomic E-state index is 13.0. The molecule has 0 bridgehead atoms. The van der Waals surface area contributed by atoms with E-state index in [1.807, 2.05) is 41.3 Å². The number of carbonyl (C=O) groups is 1. The minimum absolute atomic E-state index is 0.129. The van der Waals surface area contributed by atoms with Crippen molar-refractivity contribution < 1.29 is 4.79 Å². The highest BCUT2D eigenvalue weighted by molar-refractivity contribution is 7.99. The lowest BCUT2D eigenvalue weighted by atomic mass is 10.1. The molecular formula is C25H28N6OS. The van der Waals surface area contributed by atoms with Crippen LogP contribution in [0.5, 0.6) is 0 Å². The van der Waals surface area contributed by atoms with E-state index >= 15 is 0 Å². The lowest BCUT2D eigenvalue weighted by Crippen LogP contribution is -2.36. The summed E-state index contributed by atoms with van der Waals surface area (Å²) in [6.07, 6.45) is 0.916. The highest BCUT2D eigenvalue weighted by Crippen LogP contribution is 2.26. The van der Waals surface area contributed by atoms with Crippen molar-refractivity contribution in [1.29, 1.82) is 5.26 Å². The molecule has 0 atom stereocenters. The molecule has 1 aliphatic heterocycles. The Bertz CT molecular complexity index is 1150. The van der Waals surface area contributed by atoms with Crippen LogP contribution in [0.1, 0.15) is 24.5 Å². The molecule has 1 amide bonds. The summed E-state index contributed by atoms with van der Waals surface area (Å²) in [7, 11) is 0. The predicted molar refractivity (Wildman–Crippen MR) is 131 cm³/mol. The van der Waals surface area contributed by atoms with E-state index in [-0.39, 0.29) is 5.91 Å². The average Bonchev–Trinajstić information content (AvgIpc) is 3.09. The number of carbonyl (C=O) groups excluding carboxylic acids is 1. The number of thioether (sulfide) groups is 1. The van der Waals surface area contributed by atoms with Gasteiger partial charge in [0, 0.05) is 44.0 Å². The van der Waals surface area contributed by atoms with Crippen molar-refractivity contribution in [2.45, 2.75) is 32.0 Å². The number of hydrogen-bond donors (Lipinski definition) is 0. The Morgan fingerprint density at radius 2 is 1.85 bits per heavy atom. The van der Waals surface area contributed by atoms with Crippen LogP contribution in [0.4, 0.5) is 5.69 Å². The zero-order valence-electron chi connectivity index (χ0n) is 19.1. The molecule has 2 heterocycles. The van der Waals surface area contributed by atoms with Gasteiger partial charge < -0.3 is 14.4 Å². The molecule has 8 heteroatoms. The van der Waals surface area contributed by atoms with Gasteiger partial charge in [-0.25, -0.2) is 0 Å². The fourth-order valence-electron chi connectivity index (χ4n) is 4.09. The first-order valence-corrected chi connectivity index (χ1v) is 12.2. The second-order valence-electron chi connectivity index (χ2n) is 8.03. The smallest absolute Gasteiger partial charge is 0.233 e. The van der Waals surface area contributed by atoms with Gasteiger partial charge in [0.15, 0.2) is 11.0 Å². The van der Waals surface area contributed by atoms with E-state index in [2.05, 4.69) is 51.7 Å². The molecule has 7 nitrogen and oxygen atoms in total. The highest BCUT2D eigenvalue weighted by Gasteiger charge is 2.21. The summed E-state index contributed by atoms with van der Waals surface area (Å²) in [5.41, 5.74) is 3.98. The second kappa shape index (κ2) is 10.5. The minimum atomic E-state index is 0.129. The van der Waals surface area contributed by atoms with Crippen LogP contribution in [0, 0.1) is 18.3 Å². The van der Waals surface area contributed by atoms with Crippen LogP contribution in [0.2, 0.25) is 0 Å². The summed E-state index contributed by atoms with van der Waals surface area (Å²) in [5.74, 6) is 1.33. The molecule has 1 aliphatic rings. The number of amides is 1. The van der Waals surface area contributed by atoms with E-state index in [0.29, 0.717) is 17.9 Å². The average molecular weight is 461 g/mol. The first-order chi connectivity index (χ1) is 16.1. The van der Waals surface area contributed by atoms with Gasteiger partial charge in [0.2, 0.25) is 5.91 Å². The fourth-order valence-corrected chi connectivity index (χ4v) is 5.00. The number of nitriles is 1. The Morgan fingerprint density at radius 3 is 2.58 bits per heavy atom. The summed E-state index contributed by atoms with van der Waals surface area (Å²) in [4.78, 5) is 17.2.